The molecule has 1 N–H and O–H groups in total. The smallest absolute Gasteiger partial charge is 0.0703 e. The zero-order valence-corrected chi connectivity index (χ0v) is 10.7. The summed E-state index contributed by atoms with van der Waals surface area (Å²) in [5.41, 5.74) is 0.411. The SMILES string of the molecule is CC(C)(CNCC1(C#N)CC1)C1CCCC1. The second kappa shape index (κ2) is 4.37. The van der Waals surface area contributed by atoms with E-state index in [9.17, 15) is 0 Å². The number of hydrogen-bond acceptors (Lipinski definition) is 2. The van der Waals surface area contributed by atoms with E-state index in [0.717, 1.165) is 31.8 Å². The van der Waals surface area contributed by atoms with Crippen LogP contribution in [-0.2, 0) is 0 Å². The second-order valence-corrected chi connectivity index (χ2v) is 6.47. The molecule has 2 rings (SSSR count). The van der Waals surface area contributed by atoms with Gasteiger partial charge in [0.05, 0.1) is 11.5 Å². The van der Waals surface area contributed by atoms with Crippen molar-refractivity contribution < 1.29 is 0 Å². The van der Waals surface area contributed by atoms with Crippen LogP contribution in [0.2, 0.25) is 0 Å². The number of nitrogens with zero attached hydrogens (tertiary/aromatic N) is 1. The van der Waals surface area contributed by atoms with Gasteiger partial charge in [0.15, 0.2) is 0 Å². The van der Waals surface area contributed by atoms with Crippen LogP contribution >= 0.6 is 0 Å². The minimum absolute atomic E-state index is 0.00571. The molecule has 0 heterocycles. The minimum Gasteiger partial charge on any atom is -0.315 e. The van der Waals surface area contributed by atoms with E-state index < -0.39 is 0 Å². The normalized spacial score (nSPS) is 24.3. The Balaban J connectivity index is 1.74. The first kappa shape index (κ1) is 11.9. The van der Waals surface area contributed by atoms with Crippen molar-refractivity contribution in [3.05, 3.63) is 0 Å². The molecule has 0 aliphatic heterocycles. The summed E-state index contributed by atoms with van der Waals surface area (Å²) in [4.78, 5) is 0. The Hall–Kier alpha value is -0.550. The molecular weight excluding hydrogens is 196 g/mol. The van der Waals surface area contributed by atoms with Gasteiger partial charge in [-0.25, -0.2) is 0 Å². The molecule has 0 spiro atoms. The van der Waals surface area contributed by atoms with E-state index in [4.69, 9.17) is 5.26 Å². The molecule has 2 nitrogen and oxygen atoms in total. The summed E-state index contributed by atoms with van der Waals surface area (Å²) >= 11 is 0. The highest BCUT2D eigenvalue weighted by atomic mass is 14.9. The number of nitriles is 1. The molecule has 2 aliphatic rings. The van der Waals surface area contributed by atoms with Gasteiger partial charge in [0, 0.05) is 13.1 Å². The number of nitrogens with one attached hydrogen (secondary N) is 1. The van der Waals surface area contributed by atoms with Crippen LogP contribution in [0, 0.1) is 28.1 Å². The van der Waals surface area contributed by atoms with E-state index in [2.05, 4.69) is 25.2 Å². The maximum atomic E-state index is 9.01. The fourth-order valence-corrected chi connectivity index (χ4v) is 2.95. The van der Waals surface area contributed by atoms with E-state index in [1.54, 1.807) is 0 Å². The summed E-state index contributed by atoms with van der Waals surface area (Å²) < 4.78 is 0. The molecule has 2 aliphatic carbocycles. The Labute approximate surface area is 99.4 Å². The van der Waals surface area contributed by atoms with Crippen LogP contribution in [0.3, 0.4) is 0 Å². The van der Waals surface area contributed by atoms with Gasteiger partial charge >= 0.3 is 0 Å². The van der Waals surface area contributed by atoms with Gasteiger partial charge in [0.2, 0.25) is 0 Å². The van der Waals surface area contributed by atoms with Crippen LogP contribution in [0.4, 0.5) is 0 Å². The molecule has 0 aromatic carbocycles. The molecule has 2 saturated carbocycles. The molecule has 0 saturated heterocycles. The first-order chi connectivity index (χ1) is 7.58. The van der Waals surface area contributed by atoms with Crippen molar-refractivity contribution in [2.45, 2.75) is 52.4 Å². The van der Waals surface area contributed by atoms with Gasteiger partial charge in [-0.2, -0.15) is 5.26 Å². The first-order valence-corrected chi connectivity index (χ1v) is 6.70. The maximum Gasteiger partial charge on any atom is 0.0703 e. The monoisotopic (exact) mass is 220 g/mol. The van der Waals surface area contributed by atoms with Crippen LogP contribution in [0.1, 0.15) is 52.4 Å². The summed E-state index contributed by atoms with van der Waals surface area (Å²) in [6, 6.07) is 2.45. The lowest BCUT2D eigenvalue weighted by molar-refractivity contribution is 0.206. The van der Waals surface area contributed by atoms with Crippen molar-refractivity contribution >= 4 is 0 Å². The van der Waals surface area contributed by atoms with Crippen molar-refractivity contribution in [2.75, 3.05) is 13.1 Å². The van der Waals surface area contributed by atoms with Crippen molar-refractivity contribution in [3.8, 4) is 6.07 Å². The van der Waals surface area contributed by atoms with Crippen LogP contribution in [0.5, 0.6) is 0 Å². The van der Waals surface area contributed by atoms with E-state index in [1.165, 1.54) is 25.7 Å². The fourth-order valence-electron chi connectivity index (χ4n) is 2.95. The van der Waals surface area contributed by atoms with Crippen LogP contribution in [0.15, 0.2) is 0 Å². The highest BCUT2D eigenvalue weighted by Gasteiger charge is 2.43. The predicted molar refractivity (Wildman–Crippen MR) is 65.9 cm³/mol. The van der Waals surface area contributed by atoms with Gasteiger partial charge in [-0.3, -0.25) is 0 Å². The largest absolute Gasteiger partial charge is 0.315 e. The Morgan fingerprint density at radius 3 is 2.44 bits per heavy atom. The van der Waals surface area contributed by atoms with Crippen molar-refractivity contribution in [2.24, 2.45) is 16.7 Å². The zero-order valence-electron chi connectivity index (χ0n) is 10.7. The third-order valence-corrected chi connectivity index (χ3v) is 4.60. The molecule has 90 valence electrons. The van der Waals surface area contributed by atoms with Crippen LogP contribution in [0.25, 0.3) is 0 Å². The first-order valence-electron chi connectivity index (χ1n) is 6.70. The molecule has 0 radical (unpaired) electrons. The standard InChI is InChI=1S/C14H24N2/c1-13(2,12-5-3-4-6-12)10-16-11-14(9-15)7-8-14/h12,16H,3-8,10-11H2,1-2H3. The average molecular weight is 220 g/mol. The molecule has 0 bridgehead atoms. The minimum atomic E-state index is 0.00571. The Morgan fingerprint density at radius 1 is 1.31 bits per heavy atom. The molecule has 2 fully saturated rings. The van der Waals surface area contributed by atoms with Crippen molar-refractivity contribution in [1.29, 1.82) is 5.26 Å². The third kappa shape index (κ3) is 2.58. The quantitative estimate of drug-likeness (QED) is 0.773. The van der Waals surface area contributed by atoms with E-state index in [0.29, 0.717) is 5.41 Å². The lowest BCUT2D eigenvalue weighted by Gasteiger charge is -2.32. The Morgan fingerprint density at radius 2 is 1.94 bits per heavy atom. The van der Waals surface area contributed by atoms with Crippen molar-refractivity contribution in [1.82, 2.24) is 5.32 Å². The second-order valence-electron chi connectivity index (χ2n) is 6.47. The number of hydrogen-bond donors (Lipinski definition) is 1. The highest BCUT2D eigenvalue weighted by molar-refractivity contribution is 5.11. The van der Waals surface area contributed by atoms with Gasteiger partial charge in [0.1, 0.15) is 0 Å². The Bertz CT molecular complexity index is 278. The molecule has 0 unspecified atom stereocenters. The summed E-state index contributed by atoms with van der Waals surface area (Å²) in [5.74, 6) is 0.886. The van der Waals surface area contributed by atoms with E-state index in [1.807, 2.05) is 0 Å². The molecule has 0 atom stereocenters. The van der Waals surface area contributed by atoms with Gasteiger partial charge in [-0.15, -0.1) is 0 Å². The molecule has 16 heavy (non-hydrogen) atoms. The predicted octanol–water partition coefficient (Wildman–Crippen LogP) is 3.10. The molecule has 0 amide bonds. The molecule has 2 heteroatoms. The third-order valence-electron chi connectivity index (χ3n) is 4.60. The summed E-state index contributed by atoms with van der Waals surface area (Å²) in [6.45, 7) is 6.73. The molecular formula is C14H24N2. The van der Waals surface area contributed by atoms with Gasteiger partial charge in [0.25, 0.3) is 0 Å². The maximum absolute atomic E-state index is 9.01. The highest BCUT2D eigenvalue weighted by Crippen LogP contribution is 2.44. The van der Waals surface area contributed by atoms with Gasteiger partial charge in [-0.05, 0) is 37.0 Å². The van der Waals surface area contributed by atoms with E-state index >= 15 is 0 Å². The van der Waals surface area contributed by atoms with Crippen LogP contribution in [-0.4, -0.2) is 13.1 Å². The zero-order chi connectivity index (χ0) is 11.6. The summed E-state index contributed by atoms with van der Waals surface area (Å²) in [7, 11) is 0. The topological polar surface area (TPSA) is 35.8 Å². The fraction of sp³-hybridized carbons (Fsp3) is 0.929. The van der Waals surface area contributed by atoms with Gasteiger partial charge in [-0.1, -0.05) is 26.7 Å². The Kier molecular flexibility index (Phi) is 3.26. The summed E-state index contributed by atoms with van der Waals surface area (Å²) in [5, 5.41) is 12.5. The number of rotatable bonds is 5. The molecule has 0 aromatic rings. The summed E-state index contributed by atoms with van der Waals surface area (Å²) in [6.07, 6.45) is 7.82. The van der Waals surface area contributed by atoms with Crippen molar-refractivity contribution in [3.63, 3.8) is 0 Å². The lowest BCUT2D eigenvalue weighted by Crippen LogP contribution is -2.37. The van der Waals surface area contributed by atoms with Crippen LogP contribution < -0.4 is 5.32 Å². The average Bonchev–Trinajstić information content (AvgIpc) is 2.81. The lowest BCUT2D eigenvalue weighted by atomic mass is 9.77. The molecule has 0 aromatic heterocycles. The van der Waals surface area contributed by atoms with Gasteiger partial charge < -0.3 is 5.32 Å². The van der Waals surface area contributed by atoms with E-state index in [-0.39, 0.29) is 5.41 Å².